The summed E-state index contributed by atoms with van der Waals surface area (Å²) in [6.45, 7) is 7.15. The molecular weight excluding hydrogens is 428 g/mol. The molecule has 0 bridgehead atoms. The number of ether oxygens (including phenoxy) is 1. The second-order valence-electron chi connectivity index (χ2n) is 9.38. The number of carboxylic acids is 1. The van der Waals surface area contributed by atoms with Gasteiger partial charge in [0.15, 0.2) is 11.2 Å². The maximum absolute atomic E-state index is 11.3. The Bertz CT molecular complexity index is 993. The van der Waals surface area contributed by atoms with Crippen LogP contribution in [-0.4, -0.2) is 34.8 Å². The normalized spacial score (nSPS) is 11.6. The van der Waals surface area contributed by atoms with E-state index in [4.69, 9.17) is 14.1 Å². The lowest BCUT2D eigenvalue weighted by Gasteiger charge is -2.22. The summed E-state index contributed by atoms with van der Waals surface area (Å²) in [7, 11) is 0. The van der Waals surface area contributed by atoms with Crippen molar-refractivity contribution in [1.82, 2.24) is 4.98 Å². The number of carboxylic acid groups (broad SMARTS) is 1. The van der Waals surface area contributed by atoms with Gasteiger partial charge in [0.2, 0.25) is 0 Å². The van der Waals surface area contributed by atoms with Crippen molar-refractivity contribution in [3.63, 3.8) is 0 Å². The average molecular weight is 467 g/mol. The van der Waals surface area contributed by atoms with Gasteiger partial charge in [-0.1, -0.05) is 63.3 Å². The Balaban J connectivity index is 1.56. The first-order chi connectivity index (χ1) is 16.4. The highest BCUT2D eigenvalue weighted by atomic mass is 16.5. The monoisotopic (exact) mass is 466 g/mol. The van der Waals surface area contributed by atoms with Crippen LogP contribution < -0.4 is 9.64 Å². The predicted molar refractivity (Wildman–Crippen MR) is 137 cm³/mol. The maximum Gasteiger partial charge on any atom is 0.347 e. The minimum Gasteiger partial charge on any atom is -0.478 e. The number of hydrogen-bond acceptors (Lipinski definition) is 5. The van der Waals surface area contributed by atoms with Crippen molar-refractivity contribution in [2.24, 2.45) is 0 Å². The van der Waals surface area contributed by atoms with Crippen LogP contribution in [-0.2, 0) is 11.2 Å². The van der Waals surface area contributed by atoms with E-state index >= 15 is 0 Å². The van der Waals surface area contributed by atoms with E-state index in [2.05, 4.69) is 11.8 Å². The Kier molecular flexibility index (Phi) is 9.37. The van der Waals surface area contributed by atoms with Gasteiger partial charge in [-0.2, -0.15) is 4.98 Å². The van der Waals surface area contributed by atoms with E-state index in [1.807, 2.05) is 48.5 Å². The van der Waals surface area contributed by atoms with Crippen LogP contribution in [0.2, 0.25) is 0 Å². The van der Waals surface area contributed by atoms with E-state index in [9.17, 15) is 9.90 Å². The van der Waals surface area contributed by atoms with Crippen molar-refractivity contribution in [2.45, 2.75) is 77.7 Å². The molecule has 1 N–H and O–H groups in total. The van der Waals surface area contributed by atoms with E-state index in [1.54, 1.807) is 13.8 Å². The topological polar surface area (TPSA) is 75.8 Å². The van der Waals surface area contributed by atoms with Gasteiger partial charge < -0.3 is 19.2 Å². The first-order valence-electron chi connectivity index (χ1n) is 12.5. The molecule has 34 heavy (non-hydrogen) atoms. The van der Waals surface area contributed by atoms with E-state index in [0.29, 0.717) is 11.8 Å². The van der Waals surface area contributed by atoms with Crippen molar-refractivity contribution in [1.29, 1.82) is 0 Å². The molecule has 0 spiro atoms. The molecule has 3 aromatic rings. The minimum absolute atomic E-state index is 0.562. The third-order valence-electron chi connectivity index (χ3n) is 6.04. The number of para-hydroxylation sites is 2. The molecule has 6 heteroatoms. The smallest absolute Gasteiger partial charge is 0.347 e. The Hall–Kier alpha value is -3.02. The summed E-state index contributed by atoms with van der Waals surface area (Å²) in [6.07, 6.45) is 9.40. The SMILES string of the molecule is CCCCCCCCN(CCCc1ccc(OC(C)(C)C(=O)O)cc1)c1nc2ccccc2o1. The molecule has 2 aromatic carbocycles. The molecule has 1 aromatic heterocycles. The molecule has 0 fully saturated rings. The number of aromatic nitrogens is 1. The summed E-state index contributed by atoms with van der Waals surface area (Å²) in [5, 5.41) is 9.24. The summed E-state index contributed by atoms with van der Waals surface area (Å²) in [5.74, 6) is -0.423. The zero-order valence-corrected chi connectivity index (χ0v) is 20.8. The van der Waals surface area contributed by atoms with Crippen LogP contribution in [0.4, 0.5) is 6.01 Å². The van der Waals surface area contributed by atoms with E-state index in [-0.39, 0.29) is 0 Å². The molecular formula is C28H38N2O4. The molecule has 0 radical (unpaired) electrons. The molecule has 0 aliphatic carbocycles. The highest BCUT2D eigenvalue weighted by Gasteiger charge is 2.29. The number of benzene rings is 2. The number of unbranched alkanes of at least 4 members (excludes halogenated alkanes) is 5. The molecule has 6 nitrogen and oxygen atoms in total. The van der Waals surface area contributed by atoms with Gasteiger partial charge in [-0.15, -0.1) is 0 Å². The Morgan fingerprint density at radius 3 is 2.35 bits per heavy atom. The van der Waals surface area contributed by atoms with Crippen molar-refractivity contribution < 1.29 is 19.1 Å². The van der Waals surface area contributed by atoms with E-state index in [1.165, 1.54) is 37.7 Å². The molecule has 0 aliphatic heterocycles. The number of hydrogen-bond donors (Lipinski definition) is 1. The quantitative estimate of drug-likeness (QED) is 0.246. The second-order valence-corrected chi connectivity index (χ2v) is 9.38. The fourth-order valence-electron chi connectivity index (χ4n) is 3.92. The first-order valence-corrected chi connectivity index (χ1v) is 12.5. The van der Waals surface area contributed by atoms with Crippen molar-refractivity contribution in [3.8, 4) is 5.75 Å². The summed E-state index contributed by atoms with van der Waals surface area (Å²) in [5.41, 5.74) is 1.66. The second kappa shape index (κ2) is 12.4. The van der Waals surface area contributed by atoms with Crippen LogP contribution in [0.25, 0.3) is 11.1 Å². The summed E-state index contributed by atoms with van der Waals surface area (Å²) in [4.78, 5) is 18.3. The number of fused-ring (bicyclic) bond motifs is 1. The Morgan fingerprint density at radius 2 is 1.65 bits per heavy atom. The zero-order chi connectivity index (χ0) is 24.4. The number of aliphatic carboxylic acids is 1. The highest BCUT2D eigenvalue weighted by molar-refractivity contribution is 5.76. The van der Waals surface area contributed by atoms with Crippen LogP contribution >= 0.6 is 0 Å². The van der Waals surface area contributed by atoms with Crippen LogP contribution in [0.1, 0.15) is 71.3 Å². The predicted octanol–water partition coefficient (Wildman–Crippen LogP) is 6.87. The molecule has 0 amide bonds. The third-order valence-corrected chi connectivity index (χ3v) is 6.04. The number of rotatable bonds is 15. The lowest BCUT2D eigenvalue weighted by Crippen LogP contribution is -2.37. The maximum atomic E-state index is 11.3. The standard InChI is InChI=1S/C28H38N2O4/c1-4-5-6-7-8-11-20-30(27-29-24-14-9-10-15-25(24)33-27)21-12-13-22-16-18-23(19-17-22)34-28(2,3)26(31)32/h9-10,14-19H,4-8,11-13,20-21H2,1-3H3,(H,31,32). The summed E-state index contributed by atoms with van der Waals surface area (Å²) < 4.78 is 11.7. The molecule has 184 valence electrons. The fraction of sp³-hybridized carbons (Fsp3) is 0.500. The van der Waals surface area contributed by atoms with Crippen LogP contribution in [0.5, 0.6) is 5.75 Å². The molecule has 0 saturated heterocycles. The number of oxazole rings is 1. The van der Waals surface area contributed by atoms with Crippen LogP contribution in [0, 0.1) is 0 Å². The fourth-order valence-corrected chi connectivity index (χ4v) is 3.92. The first kappa shape index (κ1) is 25.6. The molecule has 0 saturated carbocycles. The Labute approximate surface area is 202 Å². The largest absolute Gasteiger partial charge is 0.478 e. The summed E-state index contributed by atoms with van der Waals surface area (Å²) in [6, 6.07) is 16.3. The van der Waals surface area contributed by atoms with Crippen LogP contribution in [0.3, 0.4) is 0 Å². The van der Waals surface area contributed by atoms with Gasteiger partial charge in [-0.25, -0.2) is 4.79 Å². The zero-order valence-electron chi connectivity index (χ0n) is 20.8. The van der Waals surface area contributed by atoms with Gasteiger partial charge in [0.05, 0.1) is 0 Å². The molecule has 0 aliphatic rings. The molecule has 3 rings (SSSR count). The number of carbonyl (C=O) groups is 1. The molecule has 1 heterocycles. The van der Waals surface area contributed by atoms with E-state index < -0.39 is 11.6 Å². The van der Waals surface area contributed by atoms with Gasteiger partial charge in [0.25, 0.3) is 6.01 Å². The van der Waals surface area contributed by atoms with Gasteiger partial charge >= 0.3 is 5.97 Å². The van der Waals surface area contributed by atoms with Gasteiger partial charge in [0, 0.05) is 13.1 Å². The number of aryl methyl sites for hydroxylation is 1. The van der Waals surface area contributed by atoms with E-state index in [0.717, 1.165) is 43.5 Å². The van der Waals surface area contributed by atoms with Crippen molar-refractivity contribution >= 4 is 23.1 Å². The Morgan fingerprint density at radius 1 is 0.971 bits per heavy atom. The molecule has 0 unspecified atom stereocenters. The average Bonchev–Trinajstić information content (AvgIpc) is 3.25. The number of nitrogens with zero attached hydrogens (tertiary/aromatic N) is 2. The van der Waals surface area contributed by atoms with Gasteiger partial charge in [-0.05, 0) is 62.9 Å². The van der Waals surface area contributed by atoms with Crippen molar-refractivity contribution in [3.05, 3.63) is 54.1 Å². The third kappa shape index (κ3) is 7.51. The lowest BCUT2D eigenvalue weighted by atomic mass is 10.1. The lowest BCUT2D eigenvalue weighted by molar-refractivity contribution is -0.152. The minimum atomic E-state index is -1.25. The summed E-state index contributed by atoms with van der Waals surface area (Å²) >= 11 is 0. The number of anilines is 1. The highest BCUT2D eigenvalue weighted by Crippen LogP contribution is 2.23. The molecule has 0 atom stereocenters. The van der Waals surface area contributed by atoms with Gasteiger partial charge in [-0.3, -0.25) is 0 Å². The van der Waals surface area contributed by atoms with Gasteiger partial charge in [0.1, 0.15) is 11.3 Å². The van der Waals surface area contributed by atoms with Crippen LogP contribution in [0.15, 0.2) is 52.9 Å². The van der Waals surface area contributed by atoms with Crippen molar-refractivity contribution in [2.75, 3.05) is 18.0 Å².